The zero-order valence-corrected chi connectivity index (χ0v) is 11.3. The zero-order valence-electron chi connectivity index (χ0n) is 10.5. The number of Topliss-reactive ketones (excluding diaryl/α,β-unsaturated/α-hetero) is 1. The van der Waals surface area contributed by atoms with Crippen molar-refractivity contribution in [2.24, 2.45) is 5.73 Å². The third-order valence-corrected chi connectivity index (χ3v) is 2.93. The maximum Gasteiger partial charge on any atom is 0.410 e. The van der Waals surface area contributed by atoms with Gasteiger partial charge in [-0.1, -0.05) is 30.3 Å². The maximum atomic E-state index is 11.7. The third kappa shape index (κ3) is 4.22. The molecule has 1 aromatic carbocycles. The lowest BCUT2D eigenvalue weighted by Gasteiger charge is -2.28. The van der Waals surface area contributed by atoms with Gasteiger partial charge < -0.3 is 15.4 Å². The van der Waals surface area contributed by atoms with Crippen LogP contribution in [0.25, 0.3) is 0 Å². The van der Waals surface area contributed by atoms with Gasteiger partial charge in [-0.2, -0.15) is 0 Å². The van der Waals surface area contributed by atoms with Gasteiger partial charge in [0, 0.05) is 6.54 Å². The van der Waals surface area contributed by atoms with Crippen molar-refractivity contribution >= 4 is 24.3 Å². The molecule has 0 saturated carbocycles. The standard InChI is InChI=1S/C13H16N2O3.ClH/c14-11-6-7-15(8-12(11)16)13(17)18-9-10-4-2-1-3-5-10;/h1-5,11H,6-9,14H2;1H. The molecule has 0 aromatic heterocycles. The number of halogens is 1. The number of amides is 1. The first-order valence-electron chi connectivity index (χ1n) is 5.91. The second kappa shape index (κ2) is 7.11. The molecule has 1 fully saturated rings. The molecule has 0 bridgehead atoms. The van der Waals surface area contributed by atoms with Crippen LogP contribution in [0.5, 0.6) is 0 Å². The van der Waals surface area contributed by atoms with Gasteiger partial charge in [0.25, 0.3) is 0 Å². The Kier molecular flexibility index (Phi) is 5.79. The van der Waals surface area contributed by atoms with E-state index in [1.165, 1.54) is 4.90 Å². The molecule has 1 saturated heterocycles. The topological polar surface area (TPSA) is 72.6 Å². The molecule has 1 unspecified atom stereocenters. The number of hydrogen-bond acceptors (Lipinski definition) is 4. The van der Waals surface area contributed by atoms with Gasteiger partial charge in [-0.05, 0) is 12.0 Å². The fraction of sp³-hybridized carbons (Fsp3) is 0.385. The average molecular weight is 285 g/mol. The number of benzene rings is 1. The monoisotopic (exact) mass is 284 g/mol. The molecule has 1 amide bonds. The Morgan fingerprint density at radius 3 is 2.68 bits per heavy atom. The van der Waals surface area contributed by atoms with E-state index in [1.807, 2.05) is 30.3 Å². The molecule has 5 nitrogen and oxygen atoms in total. The minimum Gasteiger partial charge on any atom is -0.445 e. The lowest BCUT2D eigenvalue weighted by Crippen LogP contribution is -2.49. The van der Waals surface area contributed by atoms with E-state index in [4.69, 9.17) is 10.5 Å². The van der Waals surface area contributed by atoms with E-state index in [9.17, 15) is 9.59 Å². The largest absolute Gasteiger partial charge is 0.445 e. The minimum atomic E-state index is -0.459. The van der Waals surface area contributed by atoms with Crippen LogP contribution in [0, 0.1) is 0 Å². The second-order valence-corrected chi connectivity index (χ2v) is 4.32. The van der Waals surface area contributed by atoms with Gasteiger partial charge in [-0.15, -0.1) is 12.4 Å². The summed E-state index contributed by atoms with van der Waals surface area (Å²) in [5.74, 6) is -0.113. The van der Waals surface area contributed by atoms with Gasteiger partial charge in [0.2, 0.25) is 0 Å². The summed E-state index contributed by atoms with van der Waals surface area (Å²) in [4.78, 5) is 24.5. The van der Waals surface area contributed by atoms with Gasteiger partial charge in [-0.3, -0.25) is 4.79 Å². The van der Waals surface area contributed by atoms with Crippen LogP contribution in [-0.2, 0) is 16.1 Å². The highest BCUT2D eigenvalue weighted by atomic mass is 35.5. The van der Waals surface area contributed by atoms with E-state index in [-0.39, 0.29) is 31.3 Å². The predicted octanol–water partition coefficient (Wildman–Crippen LogP) is 1.35. The number of likely N-dealkylation sites (tertiary alicyclic amines) is 1. The first kappa shape index (κ1) is 15.5. The predicted molar refractivity (Wildman–Crippen MR) is 73.0 cm³/mol. The molecule has 0 radical (unpaired) electrons. The van der Waals surface area contributed by atoms with Crippen LogP contribution in [0.4, 0.5) is 4.79 Å². The quantitative estimate of drug-likeness (QED) is 0.890. The Balaban J connectivity index is 0.00000180. The van der Waals surface area contributed by atoms with Crippen LogP contribution in [0.3, 0.4) is 0 Å². The van der Waals surface area contributed by atoms with Crippen LogP contribution in [0.2, 0.25) is 0 Å². The van der Waals surface area contributed by atoms with Crippen molar-refractivity contribution in [3.05, 3.63) is 35.9 Å². The summed E-state index contributed by atoms with van der Waals surface area (Å²) in [5, 5.41) is 0. The lowest BCUT2D eigenvalue weighted by molar-refractivity contribution is -0.123. The van der Waals surface area contributed by atoms with Crippen molar-refractivity contribution in [3.63, 3.8) is 0 Å². The van der Waals surface area contributed by atoms with E-state index >= 15 is 0 Å². The van der Waals surface area contributed by atoms with Crippen molar-refractivity contribution in [2.75, 3.05) is 13.1 Å². The Morgan fingerprint density at radius 2 is 2.05 bits per heavy atom. The number of ketones is 1. The summed E-state index contributed by atoms with van der Waals surface area (Å²) in [5.41, 5.74) is 6.50. The number of carbonyl (C=O) groups excluding carboxylic acids is 2. The number of nitrogens with two attached hydrogens (primary N) is 1. The van der Waals surface area contributed by atoms with Crippen molar-refractivity contribution in [1.82, 2.24) is 4.90 Å². The summed E-state index contributed by atoms with van der Waals surface area (Å²) >= 11 is 0. The van der Waals surface area contributed by atoms with Crippen LogP contribution in [0.1, 0.15) is 12.0 Å². The van der Waals surface area contributed by atoms with Crippen molar-refractivity contribution < 1.29 is 14.3 Å². The van der Waals surface area contributed by atoms with E-state index in [2.05, 4.69) is 0 Å². The Hall–Kier alpha value is -1.59. The molecule has 1 atom stereocenters. The molecule has 104 valence electrons. The molecule has 6 heteroatoms. The Labute approximate surface area is 118 Å². The molecule has 19 heavy (non-hydrogen) atoms. The molecule has 1 aromatic rings. The van der Waals surface area contributed by atoms with E-state index in [1.54, 1.807) is 0 Å². The van der Waals surface area contributed by atoms with Gasteiger partial charge in [0.15, 0.2) is 5.78 Å². The molecule has 1 aliphatic heterocycles. The summed E-state index contributed by atoms with van der Waals surface area (Å²) < 4.78 is 5.15. The summed E-state index contributed by atoms with van der Waals surface area (Å²) in [6.07, 6.45) is 0.0401. The van der Waals surface area contributed by atoms with Crippen molar-refractivity contribution in [2.45, 2.75) is 19.1 Å². The van der Waals surface area contributed by atoms with Crippen LogP contribution < -0.4 is 5.73 Å². The van der Waals surface area contributed by atoms with E-state index in [0.717, 1.165) is 5.56 Å². The maximum absolute atomic E-state index is 11.7. The normalized spacial score (nSPS) is 18.7. The van der Waals surface area contributed by atoms with E-state index < -0.39 is 12.1 Å². The molecule has 1 aliphatic rings. The average Bonchev–Trinajstić information content (AvgIpc) is 2.40. The molecular formula is C13H17ClN2O3. The summed E-state index contributed by atoms with van der Waals surface area (Å²) in [6.45, 7) is 0.742. The van der Waals surface area contributed by atoms with E-state index in [0.29, 0.717) is 13.0 Å². The fourth-order valence-electron chi connectivity index (χ4n) is 1.81. The van der Waals surface area contributed by atoms with Crippen molar-refractivity contribution in [1.29, 1.82) is 0 Å². The molecule has 1 heterocycles. The van der Waals surface area contributed by atoms with Gasteiger partial charge >= 0.3 is 6.09 Å². The lowest BCUT2D eigenvalue weighted by atomic mass is 10.1. The van der Waals surface area contributed by atoms with Gasteiger partial charge in [0.05, 0.1) is 12.6 Å². The van der Waals surface area contributed by atoms with Crippen molar-refractivity contribution in [3.8, 4) is 0 Å². The zero-order chi connectivity index (χ0) is 13.0. The summed E-state index contributed by atoms with van der Waals surface area (Å²) in [6, 6.07) is 8.98. The SMILES string of the molecule is Cl.NC1CCN(C(=O)OCc2ccccc2)CC1=O. The smallest absolute Gasteiger partial charge is 0.410 e. The molecular weight excluding hydrogens is 268 g/mol. The molecule has 0 spiro atoms. The number of carbonyl (C=O) groups is 2. The van der Waals surface area contributed by atoms with Crippen LogP contribution in [0.15, 0.2) is 30.3 Å². The molecule has 2 N–H and O–H groups in total. The Bertz CT molecular complexity index is 439. The molecule has 2 rings (SSSR count). The fourth-order valence-corrected chi connectivity index (χ4v) is 1.81. The first-order valence-corrected chi connectivity index (χ1v) is 5.91. The minimum absolute atomic E-state index is 0. The molecule has 0 aliphatic carbocycles. The highest BCUT2D eigenvalue weighted by Gasteiger charge is 2.27. The number of piperidine rings is 1. The Morgan fingerprint density at radius 1 is 1.37 bits per heavy atom. The van der Waals surface area contributed by atoms with Gasteiger partial charge in [-0.25, -0.2) is 4.79 Å². The highest BCUT2D eigenvalue weighted by Crippen LogP contribution is 2.08. The number of hydrogen-bond donors (Lipinski definition) is 1. The van der Waals surface area contributed by atoms with Gasteiger partial charge in [0.1, 0.15) is 6.61 Å². The number of ether oxygens (including phenoxy) is 1. The highest BCUT2D eigenvalue weighted by molar-refractivity contribution is 5.89. The second-order valence-electron chi connectivity index (χ2n) is 4.32. The number of nitrogens with zero attached hydrogens (tertiary/aromatic N) is 1. The number of rotatable bonds is 2. The first-order chi connectivity index (χ1) is 8.66. The van der Waals surface area contributed by atoms with Crippen LogP contribution in [-0.4, -0.2) is 35.9 Å². The van der Waals surface area contributed by atoms with Crippen LogP contribution >= 0.6 is 12.4 Å². The third-order valence-electron chi connectivity index (χ3n) is 2.93. The summed E-state index contributed by atoms with van der Waals surface area (Å²) in [7, 11) is 0.